The number of thiazole rings is 1. The molecule has 21 heavy (non-hydrogen) atoms. The van der Waals surface area contributed by atoms with Gasteiger partial charge in [-0.15, -0.1) is 11.3 Å². The predicted octanol–water partition coefficient (Wildman–Crippen LogP) is 1.78. The van der Waals surface area contributed by atoms with Gasteiger partial charge in [-0.1, -0.05) is 0 Å². The van der Waals surface area contributed by atoms with Crippen LogP contribution < -0.4 is 5.32 Å². The van der Waals surface area contributed by atoms with Crippen molar-refractivity contribution in [3.05, 3.63) is 34.0 Å². The molecule has 0 radical (unpaired) electrons. The Morgan fingerprint density at radius 3 is 2.90 bits per heavy atom. The molecule has 7 heteroatoms. The zero-order valence-corrected chi connectivity index (χ0v) is 13.8. The summed E-state index contributed by atoms with van der Waals surface area (Å²) in [5.41, 5.74) is 2.16. The van der Waals surface area contributed by atoms with Crippen LogP contribution in [0.25, 0.3) is 0 Å². The number of nitrogens with zero attached hydrogens (tertiary/aromatic N) is 5. The molecule has 0 aliphatic rings. The smallest absolute Gasteiger partial charge is 0.194 e. The SMILES string of the molecule is CCNC(=NCc1ccnn1C)N(C)Cc1csc(C)n1. The zero-order chi connectivity index (χ0) is 15.2. The van der Waals surface area contributed by atoms with E-state index in [1.165, 1.54) is 0 Å². The van der Waals surface area contributed by atoms with Crippen molar-refractivity contribution in [1.29, 1.82) is 0 Å². The van der Waals surface area contributed by atoms with Gasteiger partial charge in [0.25, 0.3) is 0 Å². The highest BCUT2D eigenvalue weighted by atomic mass is 32.1. The minimum atomic E-state index is 0.610. The number of guanidine groups is 1. The summed E-state index contributed by atoms with van der Waals surface area (Å²) in [5, 5.41) is 10.7. The highest BCUT2D eigenvalue weighted by Crippen LogP contribution is 2.10. The molecule has 0 saturated carbocycles. The molecule has 6 nitrogen and oxygen atoms in total. The molecule has 0 amide bonds. The normalized spacial score (nSPS) is 11.7. The predicted molar refractivity (Wildman–Crippen MR) is 86.3 cm³/mol. The second-order valence-electron chi connectivity index (χ2n) is 4.83. The molecule has 0 aliphatic heterocycles. The molecule has 0 aliphatic carbocycles. The summed E-state index contributed by atoms with van der Waals surface area (Å²) < 4.78 is 1.84. The Morgan fingerprint density at radius 2 is 2.33 bits per heavy atom. The van der Waals surface area contributed by atoms with Gasteiger partial charge in [-0.05, 0) is 19.9 Å². The molecule has 0 fully saturated rings. The van der Waals surface area contributed by atoms with Gasteiger partial charge in [-0.25, -0.2) is 9.98 Å². The maximum absolute atomic E-state index is 4.67. The first-order valence-electron chi connectivity index (χ1n) is 6.97. The molecular weight excluding hydrogens is 284 g/mol. The molecule has 0 aromatic carbocycles. The van der Waals surface area contributed by atoms with E-state index in [2.05, 4.69) is 37.6 Å². The fourth-order valence-electron chi connectivity index (χ4n) is 1.98. The van der Waals surface area contributed by atoms with E-state index in [1.54, 1.807) is 17.5 Å². The Labute approximate surface area is 129 Å². The summed E-state index contributed by atoms with van der Waals surface area (Å²) in [4.78, 5) is 11.3. The molecule has 2 rings (SSSR count). The Hall–Kier alpha value is -1.89. The third-order valence-corrected chi connectivity index (χ3v) is 3.90. The summed E-state index contributed by atoms with van der Waals surface area (Å²) in [6, 6.07) is 1.98. The summed E-state index contributed by atoms with van der Waals surface area (Å²) >= 11 is 1.68. The lowest BCUT2D eigenvalue weighted by atomic mass is 10.4. The Balaban J connectivity index is 2.04. The number of aliphatic imine (C=N–C) groups is 1. The molecule has 0 bridgehead atoms. The first-order chi connectivity index (χ1) is 10.1. The number of rotatable bonds is 5. The van der Waals surface area contributed by atoms with Gasteiger partial charge in [-0.2, -0.15) is 5.10 Å². The number of hydrogen-bond acceptors (Lipinski definition) is 4. The van der Waals surface area contributed by atoms with Crippen LogP contribution in [0, 0.1) is 6.92 Å². The van der Waals surface area contributed by atoms with Crippen molar-refractivity contribution < 1.29 is 0 Å². The maximum atomic E-state index is 4.67. The molecule has 2 aromatic heterocycles. The number of nitrogens with one attached hydrogen (secondary N) is 1. The van der Waals surface area contributed by atoms with Crippen molar-refractivity contribution in [2.24, 2.45) is 12.0 Å². The monoisotopic (exact) mass is 306 g/mol. The van der Waals surface area contributed by atoms with Crippen LogP contribution in [0.1, 0.15) is 23.3 Å². The largest absolute Gasteiger partial charge is 0.357 e. The zero-order valence-electron chi connectivity index (χ0n) is 13.0. The van der Waals surface area contributed by atoms with Crippen molar-refractivity contribution in [2.75, 3.05) is 13.6 Å². The van der Waals surface area contributed by atoms with Crippen LogP contribution in [0.4, 0.5) is 0 Å². The quantitative estimate of drug-likeness (QED) is 0.676. The van der Waals surface area contributed by atoms with Gasteiger partial charge in [0.05, 0.1) is 29.5 Å². The second-order valence-corrected chi connectivity index (χ2v) is 5.89. The molecule has 0 saturated heterocycles. The Morgan fingerprint density at radius 1 is 1.52 bits per heavy atom. The molecule has 0 atom stereocenters. The molecule has 114 valence electrons. The van der Waals surface area contributed by atoms with Crippen LogP contribution in [-0.4, -0.2) is 39.2 Å². The van der Waals surface area contributed by atoms with Crippen LogP contribution in [0.5, 0.6) is 0 Å². The van der Waals surface area contributed by atoms with Gasteiger partial charge in [0.15, 0.2) is 5.96 Å². The number of aromatic nitrogens is 3. The van der Waals surface area contributed by atoms with Gasteiger partial charge >= 0.3 is 0 Å². The summed E-state index contributed by atoms with van der Waals surface area (Å²) in [7, 11) is 3.96. The first kappa shape index (κ1) is 15.5. The van der Waals surface area contributed by atoms with Crippen LogP contribution in [0.15, 0.2) is 22.6 Å². The summed E-state index contributed by atoms with van der Waals surface area (Å²) in [6.07, 6.45) is 1.79. The molecule has 2 aromatic rings. The first-order valence-corrected chi connectivity index (χ1v) is 7.85. The molecule has 0 unspecified atom stereocenters. The molecule has 0 spiro atoms. The molecule has 1 N–H and O–H groups in total. The minimum Gasteiger partial charge on any atom is -0.357 e. The Bertz CT molecular complexity index is 600. The Kier molecular flexibility index (Phi) is 5.32. The third-order valence-electron chi connectivity index (χ3n) is 3.08. The van der Waals surface area contributed by atoms with Gasteiger partial charge < -0.3 is 10.2 Å². The van der Waals surface area contributed by atoms with Crippen LogP contribution in [0.2, 0.25) is 0 Å². The van der Waals surface area contributed by atoms with Crippen molar-refractivity contribution in [3.8, 4) is 0 Å². The van der Waals surface area contributed by atoms with Crippen molar-refractivity contribution in [2.45, 2.75) is 26.9 Å². The lowest BCUT2D eigenvalue weighted by Gasteiger charge is -2.21. The van der Waals surface area contributed by atoms with Crippen LogP contribution >= 0.6 is 11.3 Å². The van der Waals surface area contributed by atoms with Gasteiger partial charge in [0.2, 0.25) is 0 Å². The van der Waals surface area contributed by atoms with E-state index in [0.29, 0.717) is 6.54 Å². The fourth-order valence-corrected chi connectivity index (χ4v) is 2.58. The van der Waals surface area contributed by atoms with Crippen molar-refractivity contribution in [1.82, 2.24) is 25.0 Å². The average molecular weight is 306 g/mol. The van der Waals surface area contributed by atoms with E-state index < -0.39 is 0 Å². The minimum absolute atomic E-state index is 0.610. The highest BCUT2D eigenvalue weighted by Gasteiger charge is 2.09. The van der Waals surface area contributed by atoms with Gasteiger partial charge in [0, 0.05) is 32.2 Å². The summed E-state index contributed by atoms with van der Waals surface area (Å²) in [6.45, 7) is 6.29. The standard InChI is InChI=1S/C14H22N6S/c1-5-15-14(16-8-13-6-7-17-20(13)4)19(3)9-12-10-21-11(2)18-12/h6-7,10H,5,8-9H2,1-4H3,(H,15,16). The maximum Gasteiger partial charge on any atom is 0.194 e. The topological polar surface area (TPSA) is 58.3 Å². The van der Waals surface area contributed by atoms with Gasteiger partial charge in [-0.3, -0.25) is 4.68 Å². The molecule has 2 heterocycles. The van der Waals surface area contributed by atoms with Crippen LogP contribution in [0.3, 0.4) is 0 Å². The van der Waals surface area contributed by atoms with E-state index in [1.807, 2.05) is 31.8 Å². The average Bonchev–Trinajstić information content (AvgIpc) is 3.03. The molecular formula is C14H22N6S. The van der Waals surface area contributed by atoms with E-state index in [9.17, 15) is 0 Å². The van der Waals surface area contributed by atoms with Crippen molar-refractivity contribution >= 4 is 17.3 Å². The highest BCUT2D eigenvalue weighted by molar-refractivity contribution is 7.09. The number of aryl methyl sites for hydroxylation is 2. The third kappa shape index (κ3) is 4.29. The van der Waals surface area contributed by atoms with E-state index in [4.69, 9.17) is 0 Å². The van der Waals surface area contributed by atoms with E-state index in [-0.39, 0.29) is 0 Å². The lowest BCUT2D eigenvalue weighted by Crippen LogP contribution is -2.38. The van der Waals surface area contributed by atoms with Crippen LogP contribution in [-0.2, 0) is 20.1 Å². The lowest BCUT2D eigenvalue weighted by molar-refractivity contribution is 0.470. The number of hydrogen-bond donors (Lipinski definition) is 1. The van der Waals surface area contributed by atoms with Crippen molar-refractivity contribution in [3.63, 3.8) is 0 Å². The second kappa shape index (κ2) is 7.21. The van der Waals surface area contributed by atoms with E-state index >= 15 is 0 Å². The fraction of sp³-hybridized carbons (Fsp3) is 0.500. The van der Waals surface area contributed by atoms with E-state index in [0.717, 1.165) is 35.4 Å². The summed E-state index contributed by atoms with van der Waals surface area (Å²) in [5.74, 6) is 0.879. The van der Waals surface area contributed by atoms with Gasteiger partial charge in [0.1, 0.15) is 0 Å².